The first-order valence-corrected chi connectivity index (χ1v) is 7.91. The zero-order valence-corrected chi connectivity index (χ0v) is 14.5. The smallest absolute Gasteiger partial charge is 0.330 e. The predicted octanol–water partition coefficient (Wildman–Crippen LogP) is 3.20. The fraction of sp³-hybridized carbons (Fsp3) is 0.533. The molecule has 122 valence electrons. The van der Waals surface area contributed by atoms with Gasteiger partial charge in [0, 0.05) is 18.8 Å². The highest BCUT2D eigenvalue weighted by Crippen LogP contribution is 2.36. The predicted molar refractivity (Wildman–Crippen MR) is 90.2 cm³/mol. The Labute approximate surface area is 140 Å². The van der Waals surface area contributed by atoms with Crippen LogP contribution >= 0.6 is 23.2 Å². The molecule has 1 aromatic carbocycles. The van der Waals surface area contributed by atoms with Gasteiger partial charge in [0.2, 0.25) is 0 Å². The van der Waals surface area contributed by atoms with Crippen LogP contribution < -0.4 is 10.6 Å². The number of nitrogens with zero attached hydrogens (tertiary/aromatic N) is 2. The van der Waals surface area contributed by atoms with E-state index in [0.29, 0.717) is 41.9 Å². The van der Waals surface area contributed by atoms with Gasteiger partial charge in [0.05, 0.1) is 34.2 Å². The molecule has 1 saturated heterocycles. The standard InChI is InChI=1S/C15H21Cl2N3O2/c1-15(2,3)14(21)22-20-6-4-19(5-7-20)13-11(16)8-10(18)9-12(13)17/h8-9H,4-7,18H2,1-3H3. The molecule has 0 spiro atoms. The van der Waals surface area contributed by atoms with E-state index in [0.717, 1.165) is 5.69 Å². The van der Waals surface area contributed by atoms with E-state index in [1.807, 2.05) is 20.8 Å². The summed E-state index contributed by atoms with van der Waals surface area (Å²) in [6.07, 6.45) is 0. The average molecular weight is 346 g/mol. The summed E-state index contributed by atoms with van der Waals surface area (Å²) < 4.78 is 0. The van der Waals surface area contributed by atoms with Gasteiger partial charge in [-0.15, -0.1) is 5.06 Å². The van der Waals surface area contributed by atoms with Gasteiger partial charge in [0.15, 0.2) is 0 Å². The van der Waals surface area contributed by atoms with Crippen LogP contribution in [0, 0.1) is 5.41 Å². The maximum Gasteiger partial charge on any atom is 0.330 e. The second-order valence-corrected chi connectivity index (χ2v) is 7.19. The lowest BCUT2D eigenvalue weighted by Crippen LogP contribution is -2.48. The van der Waals surface area contributed by atoms with E-state index in [1.165, 1.54) is 0 Å². The van der Waals surface area contributed by atoms with Gasteiger partial charge in [-0.3, -0.25) is 0 Å². The minimum Gasteiger partial charge on any atom is -0.399 e. The Balaban J connectivity index is 2.00. The number of hydrogen-bond acceptors (Lipinski definition) is 5. The molecule has 1 fully saturated rings. The zero-order valence-electron chi connectivity index (χ0n) is 13.0. The number of anilines is 2. The molecule has 1 aliphatic rings. The minimum atomic E-state index is -0.513. The Morgan fingerprint density at radius 2 is 1.64 bits per heavy atom. The van der Waals surface area contributed by atoms with E-state index < -0.39 is 5.41 Å². The van der Waals surface area contributed by atoms with Crippen molar-refractivity contribution >= 4 is 40.5 Å². The molecular weight excluding hydrogens is 325 g/mol. The summed E-state index contributed by atoms with van der Waals surface area (Å²) in [5.74, 6) is -0.232. The Morgan fingerprint density at radius 3 is 2.09 bits per heavy atom. The number of carbonyl (C=O) groups excluding carboxylic acids is 1. The average Bonchev–Trinajstić information content (AvgIpc) is 2.38. The molecule has 2 N–H and O–H groups in total. The molecule has 5 nitrogen and oxygen atoms in total. The van der Waals surface area contributed by atoms with Crippen molar-refractivity contribution in [2.75, 3.05) is 36.8 Å². The normalized spacial score (nSPS) is 16.7. The lowest BCUT2D eigenvalue weighted by Gasteiger charge is -2.36. The summed E-state index contributed by atoms with van der Waals surface area (Å²) >= 11 is 12.5. The highest BCUT2D eigenvalue weighted by Gasteiger charge is 2.28. The zero-order chi connectivity index (χ0) is 16.5. The van der Waals surface area contributed by atoms with Crippen LogP contribution in [0.15, 0.2) is 12.1 Å². The summed E-state index contributed by atoms with van der Waals surface area (Å²) in [5.41, 5.74) is 6.52. The molecule has 0 unspecified atom stereocenters. The van der Waals surface area contributed by atoms with Crippen LogP contribution in [0.2, 0.25) is 10.0 Å². The van der Waals surface area contributed by atoms with Crippen LogP contribution in [0.5, 0.6) is 0 Å². The maximum atomic E-state index is 11.9. The molecule has 1 aromatic rings. The van der Waals surface area contributed by atoms with Crippen molar-refractivity contribution in [2.24, 2.45) is 5.41 Å². The quantitative estimate of drug-likeness (QED) is 0.834. The van der Waals surface area contributed by atoms with Crippen molar-refractivity contribution in [2.45, 2.75) is 20.8 Å². The van der Waals surface area contributed by atoms with Gasteiger partial charge in [0.25, 0.3) is 0 Å². The van der Waals surface area contributed by atoms with E-state index in [4.69, 9.17) is 33.8 Å². The third-order valence-corrected chi connectivity index (χ3v) is 3.99. The Kier molecular flexibility index (Phi) is 5.10. The molecule has 1 aliphatic heterocycles. The van der Waals surface area contributed by atoms with Gasteiger partial charge in [0.1, 0.15) is 0 Å². The molecule has 0 saturated carbocycles. The highest BCUT2D eigenvalue weighted by molar-refractivity contribution is 6.39. The number of nitrogen functional groups attached to an aromatic ring is 1. The van der Waals surface area contributed by atoms with Gasteiger partial charge in [-0.1, -0.05) is 23.2 Å². The van der Waals surface area contributed by atoms with Crippen LogP contribution in [-0.4, -0.2) is 37.2 Å². The van der Waals surface area contributed by atoms with E-state index in [-0.39, 0.29) is 5.97 Å². The molecule has 22 heavy (non-hydrogen) atoms. The van der Waals surface area contributed by atoms with E-state index in [9.17, 15) is 4.79 Å². The molecule has 0 aromatic heterocycles. The lowest BCUT2D eigenvalue weighted by molar-refractivity contribution is -0.201. The summed E-state index contributed by atoms with van der Waals surface area (Å²) in [5, 5.41) is 2.75. The first kappa shape index (κ1) is 17.2. The Bertz CT molecular complexity index is 541. The molecule has 0 amide bonds. The molecule has 2 rings (SSSR count). The van der Waals surface area contributed by atoms with Gasteiger partial charge in [-0.05, 0) is 32.9 Å². The largest absolute Gasteiger partial charge is 0.399 e. The van der Waals surface area contributed by atoms with Crippen molar-refractivity contribution in [3.8, 4) is 0 Å². The molecular formula is C15H21Cl2N3O2. The van der Waals surface area contributed by atoms with Crippen LogP contribution in [0.4, 0.5) is 11.4 Å². The summed E-state index contributed by atoms with van der Waals surface area (Å²) in [6, 6.07) is 3.38. The summed E-state index contributed by atoms with van der Waals surface area (Å²) in [6.45, 7) is 8.03. The topological polar surface area (TPSA) is 58.8 Å². The van der Waals surface area contributed by atoms with Crippen LogP contribution in [-0.2, 0) is 9.63 Å². The number of rotatable bonds is 2. The van der Waals surface area contributed by atoms with E-state index in [2.05, 4.69) is 4.90 Å². The third kappa shape index (κ3) is 3.97. The number of carbonyl (C=O) groups is 1. The third-order valence-electron chi connectivity index (χ3n) is 3.42. The van der Waals surface area contributed by atoms with Crippen molar-refractivity contribution in [3.05, 3.63) is 22.2 Å². The van der Waals surface area contributed by atoms with Crippen molar-refractivity contribution in [1.82, 2.24) is 5.06 Å². The molecule has 1 heterocycles. The second kappa shape index (κ2) is 6.52. The number of hydrogen-bond donors (Lipinski definition) is 1. The van der Waals surface area contributed by atoms with Gasteiger partial charge in [-0.25, -0.2) is 4.79 Å². The lowest BCUT2D eigenvalue weighted by atomic mass is 9.98. The molecule has 0 aliphatic carbocycles. The summed E-state index contributed by atoms with van der Waals surface area (Å²) in [4.78, 5) is 19.4. The fourth-order valence-corrected chi connectivity index (χ4v) is 2.89. The van der Waals surface area contributed by atoms with Crippen LogP contribution in [0.25, 0.3) is 0 Å². The fourth-order valence-electron chi connectivity index (χ4n) is 2.14. The van der Waals surface area contributed by atoms with Crippen molar-refractivity contribution in [1.29, 1.82) is 0 Å². The molecule has 0 atom stereocenters. The molecule has 0 bridgehead atoms. The van der Waals surface area contributed by atoms with E-state index in [1.54, 1.807) is 17.2 Å². The SMILES string of the molecule is CC(C)(C)C(=O)ON1CCN(c2c(Cl)cc(N)cc2Cl)CC1. The monoisotopic (exact) mass is 345 g/mol. The Morgan fingerprint density at radius 1 is 1.14 bits per heavy atom. The Hall–Kier alpha value is -1.17. The number of piperazine rings is 1. The molecule has 0 radical (unpaired) electrons. The number of hydroxylamine groups is 2. The van der Waals surface area contributed by atoms with E-state index >= 15 is 0 Å². The second-order valence-electron chi connectivity index (χ2n) is 6.38. The highest BCUT2D eigenvalue weighted by atomic mass is 35.5. The van der Waals surface area contributed by atoms with Gasteiger partial charge in [-0.2, -0.15) is 0 Å². The summed E-state index contributed by atoms with van der Waals surface area (Å²) in [7, 11) is 0. The van der Waals surface area contributed by atoms with Crippen molar-refractivity contribution < 1.29 is 9.63 Å². The van der Waals surface area contributed by atoms with Crippen molar-refractivity contribution in [3.63, 3.8) is 0 Å². The number of nitrogens with two attached hydrogens (primary N) is 1. The number of benzene rings is 1. The minimum absolute atomic E-state index is 0.232. The molecule has 7 heteroatoms. The maximum absolute atomic E-state index is 11.9. The first-order chi connectivity index (χ1) is 10.2. The van der Waals surface area contributed by atoms with Gasteiger partial charge < -0.3 is 15.5 Å². The number of halogens is 2. The van der Waals surface area contributed by atoms with Crippen LogP contribution in [0.1, 0.15) is 20.8 Å². The van der Waals surface area contributed by atoms with Gasteiger partial charge >= 0.3 is 5.97 Å². The van der Waals surface area contributed by atoms with Crippen LogP contribution in [0.3, 0.4) is 0 Å². The first-order valence-electron chi connectivity index (χ1n) is 7.15.